The van der Waals surface area contributed by atoms with E-state index in [1.165, 1.54) is 31.0 Å². The fourth-order valence-electron chi connectivity index (χ4n) is 5.37. The van der Waals surface area contributed by atoms with Gasteiger partial charge in [-0.1, -0.05) is 0 Å². The number of carbonyl (C=O) groups is 1. The molecule has 0 unspecified atom stereocenters. The summed E-state index contributed by atoms with van der Waals surface area (Å²) in [5.41, 5.74) is 1.80. The average molecular weight is 575 g/mol. The van der Waals surface area contributed by atoms with Crippen molar-refractivity contribution in [1.29, 1.82) is 5.26 Å². The normalized spacial score (nSPS) is 19.6. The van der Waals surface area contributed by atoms with Crippen LogP contribution < -0.4 is 19.8 Å². The number of amides is 1. The predicted octanol–water partition coefficient (Wildman–Crippen LogP) is 3.56. The van der Waals surface area contributed by atoms with Crippen molar-refractivity contribution >= 4 is 38.9 Å². The topological polar surface area (TPSA) is 139 Å². The summed E-state index contributed by atoms with van der Waals surface area (Å²) < 4.78 is 54.3. The number of aliphatic hydroxyl groups excluding tert-OH is 1. The summed E-state index contributed by atoms with van der Waals surface area (Å²) in [6, 6.07) is 9.70. The quantitative estimate of drug-likeness (QED) is 0.435. The summed E-state index contributed by atoms with van der Waals surface area (Å²) in [6.45, 7) is 1.02. The van der Waals surface area contributed by atoms with Gasteiger partial charge in [0.1, 0.15) is 17.7 Å². The minimum atomic E-state index is -3.76. The highest BCUT2D eigenvalue weighted by atomic mass is 32.2. The number of hydrogen-bond donors (Lipinski definition) is 3. The number of halogens is 2. The van der Waals surface area contributed by atoms with Gasteiger partial charge in [-0.15, -0.1) is 0 Å². The molecule has 5 rings (SSSR count). The van der Waals surface area contributed by atoms with Gasteiger partial charge in [0.05, 0.1) is 34.9 Å². The molecular weight excluding hydrogens is 542 g/mol. The van der Waals surface area contributed by atoms with Crippen molar-refractivity contribution in [1.82, 2.24) is 4.98 Å². The lowest BCUT2D eigenvalue weighted by molar-refractivity contribution is -0.0221. The lowest BCUT2D eigenvalue weighted by atomic mass is 9.93. The summed E-state index contributed by atoms with van der Waals surface area (Å²) in [6.07, 6.45) is 3.71. The zero-order chi connectivity index (χ0) is 28.5. The van der Waals surface area contributed by atoms with E-state index in [9.17, 15) is 27.3 Å². The van der Waals surface area contributed by atoms with Crippen LogP contribution >= 0.6 is 0 Å². The number of anilines is 4. The van der Waals surface area contributed by atoms with E-state index in [4.69, 9.17) is 5.11 Å². The molecule has 1 aliphatic carbocycles. The van der Waals surface area contributed by atoms with Gasteiger partial charge in [0, 0.05) is 39.0 Å². The fraction of sp³-hybridized carbons (Fsp3) is 0.519. The molecule has 0 radical (unpaired) electrons. The second-order valence-electron chi connectivity index (χ2n) is 10.8. The summed E-state index contributed by atoms with van der Waals surface area (Å²) in [5.74, 6) is -3.25. The maximum atomic E-state index is 13.7. The third-order valence-electron chi connectivity index (χ3n) is 8.03. The van der Waals surface area contributed by atoms with Crippen molar-refractivity contribution in [2.24, 2.45) is 5.41 Å². The lowest BCUT2D eigenvalue weighted by Gasteiger charge is -2.35. The third kappa shape index (κ3) is 6.28. The number of aliphatic hydroxyl groups is 1. The molecule has 2 aromatic rings. The number of nitrogens with zero attached hydrogens (tertiary/aromatic N) is 4. The van der Waals surface area contributed by atoms with Crippen LogP contribution in [0.3, 0.4) is 0 Å². The number of carbonyl (C=O) groups excluding carboxylic acids is 1. The monoisotopic (exact) mass is 574 g/mol. The van der Waals surface area contributed by atoms with Crippen molar-refractivity contribution in [2.45, 2.75) is 44.4 Å². The molecular formula is C27H32F2N6O4S. The zero-order valence-electron chi connectivity index (χ0n) is 22.0. The highest BCUT2D eigenvalue weighted by molar-refractivity contribution is 7.92. The maximum Gasteiger partial charge on any atom is 0.258 e. The van der Waals surface area contributed by atoms with Crippen molar-refractivity contribution < 1.29 is 27.1 Å². The van der Waals surface area contributed by atoms with Crippen LogP contribution in [0.15, 0.2) is 30.3 Å². The largest absolute Gasteiger partial charge is 0.395 e. The number of nitrogens with one attached hydrogen (secondary N) is 2. The van der Waals surface area contributed by atoms with Gasteiger partial charge < -0.3 is 20.2 Å². The molecule has 214 valence electrons. The van der Waals surface area contributed by atoms with E-state index in [1.807, 2.05) is 6.07 Å². The molecule has 3 N–H and O–H groups in total. The predicted molar refractivity (Wildman–Crippen MR) is 147 cm³/mol. The Hall–Kier alpha value is -3.50. The van der Waals surface area contributed by atoms with E-state index in [0.29, 0.717) is 16.7 Å². The Morgan fingerprint density at radius 3 is 2.33 bits per heavy atom. The smallest absolute Gasteiger partial charge is 0.258 e. The van der Waals surface area contributed by atoms with Crippen molar-refractivity contribution in [2.75, 3.05) is 58.4 Å². The second-order valence-corrected chi connectivity index (χ2v) is 12.7. The van der Waals surface area contributed by atoms with E-state index in [-0.39, 0.29) is 48.8 Å². The van der Waals surface area contributed by atoms with Crippen LogP contribution in [0.1, 0.15) is 54.4 Å². The van der Waals surface area contributed by atoms with E-state index >= 15 is 0 Å². The van der Waals surface area contributed by atoms with Gasteiger partial charge in [-0.2, -0.15) is 5.26 Å². The van der Waals surface area contributed by atoms with E-state index < -0.39 is 34.2 Å². The van der Waals surface area contributed by atoms with Crippen LogP contribution in [-0.2, 0) is 10.0 Å². The number of aromatic nitrogens is 1. The number of piperidine rings is 2. The second kappa shape index (κ2) is 10.8. The average Bonchev–Trinajstić information content (AvgIpc) is 3.67. The number of pyridine rings is 1. The highest BCUT2D eigenvalue weighted by Crippen LogP contribution is 2.54. The molecule has 1 amide bonds. The summed E-state index contributed by atoms with van der Waals surface area (Å²) in [7, 11) is -3.76. The van der Waals surface area contributed by atoms with Crippen LogP contribution in [0.25, 0.3) is 0 Å². The number of sulfonamides is 1. The Morgan fingerprint density at radius 2 is 1.70 bits per heavy atom. The van der Waals surface area contributed by atoms with Crippen molar-refractivity contribution in [3.05, 3.63) is 41.5 Å². The number of hydrogen-bond acceptors (Lipinski definition) is 8. The fourth-order valence-corrected chi connectivity index (χ4v) is 6.20. The molecule has 0 bridgehead atoms. The molecule has 3 heterocycles. The van der Waals surface area contributed by atoms with Gasteiger partial charge in [-0.25, -0.2) is 22.2 Å². The van der Waals surface area contributed by atoms with Crippen LogP contribution in [-0.4, -0.2) is 68.9 Å². The third-order valence-corrected chi connectivity index (χ3v) is 9.30. The molecule has 0 atom stereocenters. The molecule has 13 heteroatoms. The molecule has 40 heavy (non-hydrogen) atoms. The van der Waals surface area contributed by atoms with E-state index in [1.54, 1.807) is 17.0 Å². The van der Waals surface area contributed by atoms with Crippen LogP contribution in [0.4, 0.5) is 31.8 Å². The van der Waals surface area contributed by atoms with Gasteiger partial charge in [-0.3, -0.25) is 9.52 Å². The van der Waals surface area contributed by atoms with Crippen LogP contribution in [0.5, 0.6) is 0 Å². The van der Waals surface area contributed by atoms with Gasteiger partial charge in [-0.05, 0) is 61.4 Å². The maximum absolute atomic E-state index is 13.7. The summed E-state index contributed by atoms with van der Waals surface area (Å²) >= 11 is 0. The van der Waals surface area contributed by atoms with Crippen molar-refractivity contribution in [3.8, 4) is 6.07 Å². The van der Waals surface area contributed by atoms with Gasteiger partial charge in [0.2, 0.25) is 10.0 Å². The molecule has 1 aromatic carbocycles. The Balaban J connectivity index is 1.40. The first-order chi connectivity index (χ1) is 19.0. The van der Waals surface area contributed by atoms with Crippen LogP contribution in [0.2, 0.25) is 0 Å². The molecule has 2 aliphatic heterocycles. The number of benzene rings is 1. The Morgan fingerprint density at radius 1 is 1.02 bits per heavy atom. The minimum Gasteiger partial charge on any atom is -0.395 e. The molecule has 3 fully saturated rings. The zero-order valence-corrected chi connectivity index (χ0v) is 22.8. The highest BCUT2D eigenvalue weighted by Gasteiger charge is 2.44. The molecule has 10 nitrogen and oxygen atoms in total. The molecule has 2 saturated heterocycles. The summed E-state index contributed by atoms with van der Waals surface area (Å²) in [4.78, 5) is 21.7. The Labute approximate surface area is 232 Å². The number of alkyl halides is 2. The Bertz CT molecular complexity index is 1420. The SMILES string of the molecule is N#Cc1ccc(NC(=O)c2ccc(NS(=O)(=O)CCO)cc2N2CCC3(CC2)CC3)nc1N1CCC(F)(F)CC1. The molecule has 3 aliphatic rings. The minimum absolute atomic E-state index is 0.0420. The Kier molecular flexibility index (Phi) is 7.58. The number of nitriles is 1. The molecule has 1 saturated carbocycles. The molecule has 1 aromatic heterocycles. The first-order valence-corrected chi connectivity index (χ1v) is 15.0. The first kappa shape index (κ1) is 28.0. The summed E-state index contributed by atoms with van der Waals surface area (Å²) in [5, 5.41) is 21.4. The lowest BCUT2D eigenvalue weighted by Crippen LogP contribution is -2.40. The standard InChI is InChI=1S/C27H32F2N6O4S/c28-27(29)9-13-35(14-10-27)24-19(18-30)1-4-23(31-24)32-25(37)21-3-2-20(33-40(38,39)16-15-36)17-22(21)34-11-7-26(5-6-26)8-12-34/h1-4,17,33,36H,5-16H2,(H,31,32,37). The van der Waals surface area contributed by atoms with E-state index in [2.05, 4.69) is 19.9 Å². The van der Waals surface area contributed by atoms with Gasteiger partial charge in [0.15, 0.2) is 0 Å². The first-order valence-electron chi connectivity index (χ1n) is 13.4. The van der Waals surface area contributed by atoms with E-state index in [0.717, 1.165) is 25.9 Å². The molecule has 1 spiro atoms. The van der Waals surface area contributed by atoms with Crippen molar-refractivity contribution in [3.63, 3.8) is 0 Å². The van der Waals surface area contributed by atoms with Crippen LogP contribution in [0, 0.1) is 16.7 Å². The number of rotatable bonds is 8. The van der Waals surface area contributed by atoms with Gasteiger partial charge in [0.25, 0.3) is 11.8 Å². The van der Waals surface area contributed by atoms with Gasteiger partial charge >= 0.3 is 0 Å².